The Hall–Kier alpha value is -3.14. The molecule has 0 bridgehead atoms. The molecule has 4 rings (SSSR count). The van der Waals surface area contributed by atoms with Crippen molar-refractivity contribution in [3.8, 4) is 17.1 Å². The smallest absolute Gasteiger partial charge is 0.293 e. The molecular formula is C19H11Cl2N3O5S. The highest BCUT2D eigenvalue weighted by Crippen LogP contribution is 2.36. The predicted octanol–water partition coefficient (Wildman–Crippen LogP) is 6.03. The zero-order valence-electron chi connectivity index (χ0n) is 15.1. The molecule has 0 spiro atoms. The predicted molar refractivity (Wildman–Crippen MR) is 115 cm³/mol. The first-order valence-electron chi connectivity index (χ1n) is 8.35. The van der Waals surface area contributed by atoms with Gasteiger partial charge in [-0.15, -0.1) is 0 Å². The summed E-state index contributed by atoms with van der Waals surface area (Å²) in [5, 5.41) is 14.7. The van der Waals surface area contributed by atoms with Gasteiger partial charge in [-0.2, -0.15) is 0 Å². The van der Waals surface area contributed by atoms with Crippen LogP contribution in [0.15, 0.2) is 46.9 Å². The lowest BCUT2D eigenvalue weighted by molar-refractivity contribution is -0.384. The van der Waals surface area contributed by atoms with E-state index >= 15 is 0 Å². The molecule has 0 fully saturated rings. The highest BCUT2D eigenvalue weighted by molar-refractivity contribution is 7.22. The van der Waals surface area contributed by atoms with Crippen LogP contribution < -0.4 is 10.1 Å². The van der Waals surface area contributed by atoms with Crippen molar-refractivity contribution < 1.29 is 18.9 Å². The van der Waals surface area contributed by atoms with Gasteiger partial charge in [-0.3, -0.25) is 20.2 Å². The molecule has 0 aliphatic carbocycles. The Labute approximate surface area is 183 Å². The Balaban J connectivity index is 1.59. The average molecular weight is 464 g/mol. The highest BCUT2D eigenvalue weighted by atomic mass is 35.5. The largest absolute Gasteiger partial charge is 0.494 e. The molecule has 0 aliphatic rings. The maximum absolute atomic E-state index is 12.6. The summed E-state index contributed by atoms with van der Waals surface area (Å²) in [7, 11) is 1.39. The van der Waals surface area contributed by atoms with Crippen molar-refractivity contribution in [2.75, 3.05) is 12.4 Å². The Morgan fingerprint density at radius 3 is 2.70 bits per heavy atom. The summed E-state index contributed by atoms with van der Waals surface area (Å²) in [6.45, 7) is 0. The van der Waals surface area contributed by atoms with Gasteiger partial charge in [0.1, 0.15) is 11.3 Å². The SMILES string of the molecule is COc1cc([N+](=O)[O-])cc2sc(NC(=O)c3ccc(-c4ccc(Cl)c(Cl)c4)o3)nc12. The number of hydrogen-bond donors (Lipinski definition) is 1. The first-order chi connectivity index (χ1) is 14.4. The lowest BCUT2D eigenvalue weighted by Crippen LogP contribution is -2.10. The number of nitro groups is 1. The van der Waals surface area contributed by atoms with E-state index in [4.69, 9.17) is 32.4 Å². The van der Waals surface area contributed by atoms with Gasteiger partial charge in [0, 0.05) is 11.6 Å². The molecule has 2 aromatic carbocycles. The first kappa shape index (κ1) is 20.1. The van der Waals surface area contributed by atoms with Gasteiger partial charge in [0.25, 0.3) is 11.6 Å². The molecule has 0 saturated heterocycles. The molecule has 4 aromatic rings. The Morgan fingerprint density at radius 2 is 2.00 bits per heavy atom. The molecule has 1 amide bonds. The van der Waals surface area contributed by atoms with E-state index in [2.05, 4.69) is 10.3 Å². The number of hydrogen-bond acceptors (Lipinski definition) is 7. The highest BCUT2D eigenvalue weighted by Gasteiger charge is 2.19. The van der Waals surface area contributed by atoms with Crippen LogP contribution in [0.3, 0.4) is 0 Å². The number of thiazole rings is 1. The van der Waals surface area contributed by atoms with E-state index in [0.717, 1.165) is 11.3 Å². The summed E-state index contributed by atoms with van der Waals surface area (Å²) < 4.78 is 11.3. The minimum absolute atomic E-state index is 0.0632. The standard InChI is InChI=1S/C19H11Cl2N3O5S/c1-28-15-7-10(24(26)27)8-16-17(15)22-19(30-16)23-18(25)14-5-4-13(29-14)9-2-3-11(20)12(21)6-9/h2-8H,1H3,(H,22,23,25). The number of carbonyl (C=O) groups is 1. The average Bonchev–Trinajstić information content (AvgIpc) is 3.36. The van der Waals surface area contributed by atoms with Crippen LogP contribution >= 0.6 is 34.5 Å². The van der Waals surface area contributed by atoms with Crippen molar-refractivity contribution in [3.63, 3.8) is 0 Å². The van der Waals surface area contributed by atoms with E-state index in [0.29, 0.717) is 31.6 Å². The number of methoxy groups -OCH3 is 1. The van der Waals surface area contributed by atoms with Gasteiger partial charge in [0.15, 0.2) is 16.6 Å². The van der Waals surface area contributed by atoms with Crippen LogP contribution in [0.4, 0.5) is 10.8 Å². The Bertz CT molecular complexity index is 1300. The summed E-state index contributed by atoms with van der Waals surface area (Å²) >= 11 is 13.0. The second-order valence-corrected chi connectivity index (χ2v) is 7.86. The van der Waals surface area contributed by atoms with Crippen molar-refractivity contribution in [1.29, 1.82) is 0 Å². The molecule has 0 aliphatic heterocycles. The molecular weight excluding hydrogens is 453 g/mol. The number of ether oxygens (including phenoxy) is 1. The maximum Gasteiger partial charge on any atom is 0.293 e. The van der Waals surface area contributed by atoms with Gasteiger partial charge < -0.3 is 9.15 Å². The molecule has 0 saturated carbocycles. The Morgan fingerprint density at radius 1 is 1.20 bits per heavy atom. The summed E-state index contributed by atoms with van der Waals surface area (Å²) in [6, 6.07) is 10.8. The minimum Gasteiger partial charge on any atom is -0.494 e. The quantitative estimate of drug-likeness (QED) is 0.285. The van der Waals surface area contributed by atoms with Crippen molar-refractivity contribution in [2.45, 2.75) is 0 Å². The number of nitrogens with one attached hydrogen (secondary N) is 1. The summed E-state index contributed by atoms with van der Waals surface area (Å²) in [5.74, 6) is 0.235. The molecule has 1 N–H and O–H groups in total. The number of fused-ring (bicyclic) bond motifs is 1. The molecule has 11 heteroatoms. The number of furan rings is 1. The third-order valence-electron chi connectivity index (χ3n) is 4.13. The summed E-state index contributed by atoms with van der Waals surface area (Å²) in [6.07, 6.45) is 0. The van der Waals surface area contributed by atoms with Gasteiger partial charge in [-0.25, -0.2) is 4.98 Å². The first-order valence-corrected chi connectivity index (χ1v) is 9.92. The van der Waals surface area contributed by atoms with E-state index in [-0.39, 0.29) is 22.3 Å². The van der Waals surface area contributed by atoms with E-state index in [1.165, 1.54) is 25.3 Å². The third-order valence-corrected chi connectivity index (χ3v) is 5.79. The summed E-state index contributed by atoms with van der Waals surface area (Å²) in [4.78, 5) is 27.4. The lowest BCUT2D eigenvalue weighted by Gasteiger charge is -2.01. The number of anilines is 1. The van der Waals surface area contributed by atoms with Gasteiger partial charge in [0.2, 0.25) is 0 Å². The number of halogens is 2. The number of aromatic nitrogens is 1. The van der Waals surface area contributed by atoms with Crippen molar-refractivity contribution in [2.24, 2.45) is 0 Å². The fourth-order valence-corrected chi connectivity index (χ4v) is 3.93. The normalized spacial score (nSPS) is 10.9. The monoisotopic (exact) mass is 463 g/mol. The molecule has 0 unspecified atom stereocenters. The van der Waals surface area contributed by atoms with Crippen LogP contribution in [-0.2, 0) is 0 Å². The Kier molecular flexibility index (Phi) is 5.33. The second kappa shape index (κ2) is 7.94. The van der Waals surface area contributed by atoms with E-state index in [1.54, 1.807) is 24.3 Å². The van der Waals surface area contributed by atoms with E-state index in [1.807, 2.05) is 0 Å². The van der Waals surface area contributed by atoms with Gasteiger partial charge in [0.05, 0.1) is 32.8 Å². The second-order valence-electron chi connectivity index (χ2n) is 6.02. The van der Waals surface area contributed by atoms with Crippen LogP contribution in [0.5, 0.6) is 5.75 Å². The number of nitrogens with zero attached hydrogens (tertiary/aromatic N) is 2. The van der Waals surface area contributed by atoms with Crippen LogP contribution in [0.25, 0.3) is 21.5 Å². The van der Waals surface area contributed by atoms with E-state index in [9.17, 15) is 14.9 Å². The number of amides is 1. The fraction of sp³-hybridized carbons (Fsp3) is 0.0526. The minimum atomic E-state index is -0.521. The van der Waals surface area contributed by atoms with Crippen LogP contribution in [0.1, 0.15) is 10.6 Å². The molecule has 8 nitrogen and oxygen atoms in total. The van der Waals surface area contributed by atoms with E-state index < -0.39 is 10.8 Å². The number of nitro benzene ring substituents is 1. The van der Waals surface area contributed by atoms with Crippen molar-refractivity contribution in [3.05, 3.63) is 68.4 Å². The number of carbonyl (C=O) groups excluding carboxylic acids is 1. The van der Waals surface area contributed by atoms with Crippen LogP contribution in [0.2, 0.25) is 10.0 Å². The van der Waals surface area contributed by atoms with Crippen molar-refractivity contribution in [1.82, 2.24) is 4.98 Å². The molecule has 0 atom stereocenters. The lowest BCUT2D eigenvalue weighted by atomic mass is 10.2. The zero-order chi connectivity index (χ0) is 21.4. The number of benzene rings is 2. The number of non-ortho nitro benzene ring substituents is 1. The molecule has 2 heterocycles. The molecule has 30 heavy (non-hydrogen) atoms. The number of rotatable bonds is 5. The van der Waals surface area contributed by atoms with Gasteiger partial charge >= 0.3 is 0 Å². The van der Waals surface area contributed by atoms with Crippen LogP contribution in [-0.4, -0.2) is 22.9 Å². The van der Waals surface area contributed by atoms with Crippen LogP contribution in [0, 0.1) is 10.1 Å². The van der Waals surface area contributed by atoms with Gasteiger partial charge in [-0.05, 0) is 30.3 Å². The molecule has 2 aromatic heterocycles. The molecule has 0 radical (unpaired) electrons. The zero-order valence-corrected chi connectivity index (χ0v) is 17.5. The maximum atomic E-state index is 12.6. The molecule has 152 valence electrons. The summed E-state index contributed by atoms with van der Waals surface area (Å²) in [5.41, 5.74) is 0.956. The van der Waals surface area contributed by atoms with Gasteiger partial charge in [-0.1, -0.05) is 34.5 Å². The fourth-order valence-electron chi connectivity index (χ4n) is 2.72. The third kappa shape index (κ3) is 3.82. The van der Waals surface area contributed by atoms with Crippen molar-refractivity contribution >= 4 is 61.5 Å². The topological polar surface area (TPSA) is 108 Å².